The van der Waals surface area contributed by atoms with Crippen LogP contribution in [0.2, 0.25) is 5.02 Å². The van der Waals surface area contributed by atoms with Crippen molar-refractivity contribution in [2.45, 2.75) is 6.92 Å². The highest BCUT2D eigenvalue weighted by Crippen LogP contribution is 2.26. The lowest BCUT2D eigenvalue weighted by Gasteiger charge is -1.95. The van der Waals surface area contributed by atoms with Crippen LogP contribution in [0.4, 0.5) is 0 Å². The van der Waals surface area contributed by atoms with E-state index in [4.69, 9.17) is 11.6 Å². The molecule has 2 heteroatoms. The molecule has 0 spiro atoms. The Morgan fingerprint density at radius 2 is 2.18 bits per heavy atom. The molecule has 0 unspecified atom stereocenters. The zero-order chi connectivity index (χ0) is 7.84. The summed E-state index contributed by atoms with van der Waals surface area (Å²) in [6.45, 7) is 2.03. The van der Waals surface area contributed by atoms with Gasteiger partial charge in [-0.3, -0.25) is 0 Å². The van der Waals surface area contributed by atoms with Crippen LogP contribution in [0.1, 0.15) is 5.56 Å². The predicted molar refractivity (Wildman–Crippen MR) is 51.6 cm³/mol. The van der Waals surface area contributed by atoms with Crippen LogP contribution in [-0.4, -0.2) is 0 Å². The van der Waals surface area contributed by atoms with E-state index in [2.05, 4.69) is 17.5 Å². The van der Waals surface area contributed by atoms with Crippen molar-refractivity contribution in [1.29, 1.82) is 0 Å². The quantitative estimate of drug-likeness (QED) is 0.581. The monoisotopic (exact) mass is 182 g/mol. The summed E-state index contributed by atoms with van der Waals surface area (Å²) in [5.41, 5.74) is 1.15. The molecule has 0 amide bonds. The summed E-state index contributed by atoms with van der Waals surface area (Å²) < 4.78 is 1.31. The minimum absolute atomic E-state index is 0.857. The topological polar surface area (TPSA) is 0 Å². The third-order valence-corrected chi connectivity index (χ3v) is 3.02. The van der Waals surface area contributed by atoms with E-state index in [1.807, 2.05) is 13.0 Å². The molecular formula is C9H7ClS. The molecule has 0 radical (unpaired) electrons. The number of halogens is 1. The van der Waals surface area contributed by atoms with Crippen molar-refractivity contribution in [3.63, 3.8) is 0 Å². The Bertz CT molecular complexity index is 353. The van der Waals surface area contributed by atoms with Crippen molar-refractivity contribution < 1.29 is 0 Å². The normalized spacial score (nSPS) is 10.7. The van der Waals surface area contributed by atoms with Gasteiger partial charge in [0.15, 0.2) is 0 Å². The lowest BCUT2D eigenvalue weighted by molar-refractivity contribution is 1.52. The third kappa shape index (κ3) is 1.15. The highest BCUT2D eigenvalue weighted by molar-refractivity contribution is 7.17. The first kappa shape index (κ1) is 7.14. The summed E-state index contributed by atoms with van der Waals surface area (Å²) in [7, 11) is 0. The second-order valence-corrected chi connectivity index (χ2v) is 3.91. The van der Waals surface area contributed by atoms with Crippen molar-refractivity contribution in [3.05, 3.63) is 34.2 Å². The highest BCUT2D eigenvalue weighted by Gasteiger charge is 1.98. The van der Waals surface area contributed by atoms with E-state index in [1.165, 1.54) is 10.1 Å². The first-order chi connectivity index (χ1) is 5.27. The standard InChI is InChI=1S/C9H7ClS/c1-6-4-9-7(2-3-11-9)5-8(6)10/h2-5H,1H3. The van der Waals surface area contributed by atoms with Crippen molar-refractivity contribution in [2.24, 2.45) is 0 Å². The van der Waals surface area contributed by atoms with Crippen LogP contribution in [0.15, 0.2) is 23.6 Å². The molecule has 0 aliphatic heterocycles. The van der Waals surface area contributed by atoms with Crippen molar-refractivity contribution in [2.75, 3.05) is 0 Å². The molecule has 1 heterocycles. The smallest absolute Gasteiger partial charge is 0.0442 e. The first-order valence-electron chi connectivity index (χ1n) is 3.41. The van der Waals surface area contributed by atoms with Crippen molar-refractivity contribution >= 4 is 33.0 Å². The molecule has 56 valence electrons. The van der Waals surface area contributed by atoms with Crippen molar-refractivity contribution in [3.8, 4) is 0 Å². The molecule has 0 nitrogen and oxygen atoms in total. The Kier molecular flexibility index (Phi) is 1.63. The SMILES string of the molecule is Cc1cc2sccc2cc1Cl. The second-order valence-electron chi connectivity index (χ2n) is 2.56. The molecule has 0 saturated carbocycles. The molecule has 0 aliphatic carbocycles. The van der Waals surface area contributed by atoms with Gasteiger partial charge >= 0.3 is 0 Å². The molecule has 0 bridgehead atoms. The molecule has 0 saturated heterocycles. The fourth-order valence-electron chi connectivity index (χ4n) is 1.08. The lowest BCUT2D eigenvalue weighted by atomic mass is 10.2. The second kappa shape index (κ2) is 2.50. The van der Waals surface area contributed by atoms with E-state index in [9.17, 15) is 0 Å². The minimum Gasteiger partial charge on any atom is -0.144 e. The van der Waals surface area contributed by atoms with E-state index in [-0.39, 0.29) is 0 Å². The lowest BCUT2D eigenvalue weighted by Crippen LogP contribution is -1.72. The van der Waals surface area contributed by atoms with Gasteiger partial charge in [-0.1, -0.05) is 11.6 Å². The summed E-state index contributed by atoms with van der Waals surface area (Å²) in [5, 5.41) is 4.18. The van der Waals surface area contributed by atoms with Crippen molar-refractivity contribution in [1.82, 2.24) is 0 Å². The van der Waals surface area contributed by atoms with Crippen LogP contribution < -0.4 is 0 Å². The molecule has 1 aromatic heterocycles. The number of thiophene rings is 1. The Morgan fingerprint density at radius 3 is 3.00 bits per heavy atom. The Morgan fingerprint density at radius 1 is 1.36 bits per heavy atom. The zero-order valence-corrected chi connectivity index (χ0v) is 7.67. The van der Waals surface area contributed by atoms with Crippen LogP contribution >= 0.6 is 22.9 Å². The van der Waals surface area contributed by atoms with Gasteiger partial charge in [0.25, 0.3) is 0 Å². The Balaban J connectivity index is 2.86. The van der Waals surface area contributed by atoms with Gasteiger partial charge in [-0.15, -0.1) is 11.3 Å². The number of hydrogen-bond acceptors (Lipinski definition) is 1. The fraction of sp³-hybridized carbons (Fsp3) is 0.111. The third-order valence-electron chi connectivity index (χ3n) is 1.73. The largest absolute Gasteiger partial charge is 0.144 e. The van der Waals surface area contributed by atoms with E-state index in [1.54, 1.807) is 11.3 Å². The van der Waals surface area contributed by atoms with Gasteiger partial charge in [0.1, 0.15) is 0 Å². The fourth-order valence-corrected chi connectivity index (χ4v) is 2.12. The first-order valence-corrected chi connectivity index (χ1v) is 4.66. The molecule has 2 aromatic rings. The molecular weight excluding hydrogens is 176 g/mol. The van der Waals surface area contributed by atoms with Gasteiger partial charge in [0, 0.05) is 9.72 Å². The molecule has 0 atom stereocenters. The van der Waals surface area contributed by atoms with E-state index < -0.39 is 0 Å². The Labute approximate surface area is 74.4 Å². The minimum atomic E-state index is 0.857. The summed E-state index contributed by atoms with van der Waals surface area (Å²) in [6, 6.07) is 6.23. The zero-order valence-electron chi connectivity index (χ0n) is 6.10. The predicted octanol–water partition coefficient (Wildman–Crippen LogP) is 3.86. The molecule has 2 rings (SSSR count). The van der Waals surface area contributed by atoms with Crippen LogP contribution in [0.5, 0.6) is 0 Å². The number of rotatable bonds is 0. The average Bonchev–Trinajstić information content (AvgIpc) is 2.36. The van der Waals surface area contributed by atoms with E-state index in [0.29, 0.717) is 0 Å². The summed E-state index contributed by atoms with van der Waals surface area (Å²) in [5.74, 6) is 0. The molecule has 1 aromatic carbocycles. The molecule has 0 aliphatic rings. The maximum Gasteiger partial charge on any atom is 0.0442 e. The van der Waals surface area contributed by atoms with Crippen LogP contribution in [0.25, 0.3) is 10.1 Å². The molecule has 11 heavy (non-hydrogen) atoms. The van der Waals surface area contributed by atoms with E-state index in [0.717, 1.165) is 10.6 Å². The number of fused-ring (bicyclic) bond motifs is 1. The molecule has 0 N–H and O–H groups in total. The van der Waals surface area contributed by atoms with Gasteiger partial charge in [0.05, 0.1) is 0 Å². The maximum atomic E-state index is 5.95. The molecule has 0 fully saturated rings. The van der Waals surface area contributed by atoms with Gasteiger partial charge in [-0.05, 0) is 41.5 Å². The van der Waals surface area contributed by atoms with Gasteiger partial charge < -0.3 is 0 Å². The summed E-state index contributed by atoms with van der Waals surface area (Å²) >= 11 is 7.70. The number of benzene rings is 1. The van der Waals surface area contributed by atoms with Gasteiger partial charge in [-0.2, -0.15) is 0 Å². The average molecular weight is 183 g/mol. The van der Waals surface area contributed by atoms with Gasteiger partial charge in [-0.25, -0.2) is 0 Å². The number of aryl methyl sites for hydroxylation is 1. The van der Waals surface area contributed by atoms with Crippen LogP contribution in [0, 0.1) is 6.92 Å². The Hall–Kier alpha value is -0.530. The summed E-state index contributed by atoms with van der Waals surface area (Å²) in [6.07, 6.45) is 0. The van der Waals surface area contributed by atoms with E-state index >= 15 is 0 Å². The van der Waals surface area contributed by atoms with Crippen LogP contribution in [0.3, 0.4) is 0 Å². The summed E-state index contributed by atoms with van der Waals surface area (Å²) in [4.78, 5) is 0. The highest BCUT2D eigenvalue weighted by atomic mass is 35.5. The number of hydrogen-bond donors (Lipinski definition) is 0. The van der Waals surface area contributed by atoms with Gasteiger partial charge in [0.2, 0.25) is 0 Å². The van der Waals surface area contributed by atoms with Crippen LogP contribution in [-0.2, 0) is 0 Å². The maximum absolute atomic E-state index is 5.95.